The lowest BCUT2D eigenvalue weighted by molar-refractivity contribution is -0.00288. The minimum atomic E-state index is -1.01. The molecule has 0 spiro atoms. The minimum absolute atomic E-state index is 0.172. The van der Waals surface area contributed by atoms with E-state index in [-0.39, 0.29) is 65.9 Å². The molecular weight excluding hydrogens is 1020 g/mol. The summed E-state index contributed by atoms with van der Waals surface area (Å²) in [6.45, 7) is 12.2. The molecule has 18 heteroatoms. The van der Waals surface area contributed by atoms with Crippen molar-refractivity contribution in [2.45, 2.75) is 212 Å². The molecule has 0 aliphatic carbocycles. The Morgan fingerprint density at radius 1 is 0.350 bits per heavy atom. The maximum Gasteiger partial charge on any atom is 0.508 e. The second-order valence-corrected chi connectivity index (χ2v) is 21.7. The Morgan fingerprint density at radius 3 is 0.850 bits per heavy atom. The number of methoxy groups -OCH3 is 1. The lowest BCUT2D eigenvalue weighted by Gasteiger charge is -2.34. The zero-order valence-corrected chi connectivity index (χ0v) is 50.8. The molecule has 0 amide bonds. The number of β-amino-alcohol motifs (C(OH)–C–C–N with tert-alkyl or cyclic N) is 4. The van der Waals surface area contributed by atoms with Gasteiger partial charge in [-0.3, -0.25) is 19.6 Å². The number of hydrogen-bond acceptors (Lipinski definition) is 18. The van der Waals surface area contributed by atoms with Crippen molar-refractivity contribution >= 4 is 18.5 Å². The summed E-state index contributed by atoms with van der Waals surface area (Å²) >= 11 is 0. The van der Waals surface area contributed by atoms with Crippen LogP contribution in [0.2, 0.25) is 0 Å². The van der Waals surface area contributed by atoms with Gasteiger partial charge in [0.25, 0.3) is 0 Å². The molecule has 4 N–H and O–H groups in total. The van der Waals surface area contributed by atoms with Crippen LogP contribution in [0, 0.1) is 0 Å². The molecule has 18 nitrogen and oxygen atoms in total. The standard InChI is InChI=1S/C62H116N4O14/c1-5-8-11-14-17-20-23-26-29-32-45-75-60(71)78-53-57(68)49-64-39-36-40-66(51-59(70)55-80-62(73)77-47-34-31-28-25-22-19-16-13-10-7-3)44-43-65(38-35-37-63(41-42-64)48-56(67)52-74-4)50-58(69)54-79-61(72)76-46-33-30-27-24-21-18-15-12-9-6-2/h20-25,56-59,67-70H,5-19,26-55H2,1-4H3/b23-20-,24-21-,25-22-. The summed E-state index contributed by atoms with van der Waals surface area (Å²) in [6.07, 6.45) is 34.3. The van der Waals surface area contributed by atoms with Crippen molar-refractivity contribution in [3.8, 4) is 0 Å². The number of aliphatic hydroxyl groups excluding tert-OH is 4. The van der Waals surface area contributed by atoms with Crippen molar-refractivity contribution < 1.29 is 68.0 Å². The molecule has 4 unspecified atom stereocenters. The van der Waals surface area contributed by atoms with E-state index in [1.54, 1.807) is 7.11 Å². The lowest BCUT2D eigenvalue weighted by Crippen LogP contribution is -2.47. The molecule has 4 atom stereocenters. The maximum atomic E-state index is 12.5. The molecule has 80 heavy (non-hydrogen) atoms. The molecule has 0 radical (unpaired) electrons. The van der Waals surface area contributed by atoms with Crippen LogP contribution < -0.4 is 0 Å². The molecule has 1 heterocycles. The topological polar surface area (TPSA) is 210 Å². The largest absolute Gasteiger partial charge is 0.508 e. The van der Waals surface area contributed by atoms with Crippen molar-refractivity contribution in [1.29, 1.82) is 0 Å². The Kier molecular flexibility index (Phi) is 51.2. The van der Waals surface area contributed by atoms with E-state index in [1.165, 1.54) is 77.0 Å². The number of rotatable bonds is 46. The van der Waals surface area contributed by atoms with E-state index < -0.39 is 42.9 Å². The molecule has 0 saturated carbocycles. The van der Waals surface area contributed by atoms with Gasteiger partial charge in [0.1, 0.15) is 38.1 Å². The summed E-state index contributed by atoms with van der Waals surface area (Å²) < 4.78 is 37.1. The predicted octanol–water partition coefficient (Wildman–Crippen LogP) is 10.6. The fourth-order valence-electron chi connectivity index (χ4n) is 9.33. The number of carbonyl (C=O) groups excluding carboxylic acids is 3. The van der Waals surface area contributed by atoms with E-state index >= 15 is 0 Å². The maximum absolute atomic E-state index is 12.5. The van der Waals surface area contributed by atoms with Crippen molar-refractivity contribution in [2.24, 2.45) is 0 Å². The molecule has 1 rings (SSSR count). The van der Waals surface area contributed by atoms with Crippen molar-refractivity contribution in [3.63, 3.8) is 0 Å². The van der Waals surface area contributed by atoms with Gasteiger partial charge in [-0.1, -0.05) is 115 Å². The highest BCUT2D eigenvalue weighted by molar-refractivity contribution is 5.60. The zero-order valence-electron chi connectivity index (χ0n) is 50.8. The van der Waals surface area contributed by atoms with Crippen LogP contribution >= 0.6 is 0 Å². The van der Waals surface area contributed by atoms with Crippen molar-refractivity contribution in [3.05, 3.63) is 36.5 Å². The number of aliphatic hydroxyl groups is 4. The first-order valence-corrected chi connectivity index (χ1v) is 31.4. The normalized spacial score (nSPS) is 16.6. The number of allylic oxidation sites excluding steroid dienone is 6. The van der Waals surface area contributed by atoms with Gasteiger partial charge >= 0.3 is 18.5 Å². The van der Waals surface area contributed by atoms with Crippen LogP contribution in [0.4, 0.5) is 14.4 Å². The van der Waals surface area contributed by atoms with Crippen LogP contribution in [0.1, 0.15) is 188 Å². The van der Waals surface area contributed by atoms with E-state index in [4.69, 9.17) is 33.2 Å². The van der Waals surface area contributed by atoms with Crippen LogP contribution in [-0.2, 0) is 33.2 Å². The number of nitrogens with zero attached hydrogens (tertiary/aromatic N) is 4. The Labute approximate surface area is 484 Å². The van der Waals surface area contributed by atoms with Gasteiger partial charge in [0.15, 0.2) is 0 Å². The molecule has 0 aromatic heterocycles. The van der Waals surface area contributed by atoms with Crippen molar-refractivity contribution in [1.82, 2.24) is 19.6 Å². The first kappa shape index (κ1) is 74.7. The predicted molar refractivity (Wildman–Crippen MR) is 318 cm³/mol. The molecular formula is C62H116N4O14. The van der Waals surface area contributed by atoms with Crippen LogP contribution in [0.3, 0.4) is 0 Å². The second-order valence-electron chi connectivity index (χ2n) is 21.7. The third-order valence-electron chi connectivity index (χ3n) is 13.9. The first-order chi connectivity index (χ1) is 39.0. The fourth-order valence-corrected chi connectivity index (χ4v) is 9.33. The van der Waals surface area contributed by atoms with Crippen molar-refractivity contribution in [2.75, 3.05) is 132 Å². The van der Waals surface area contributed by atoms with E-state index in [1.807, 2.05) is 0 Å². The number of unbranched alkanes of at least 4 members (excludes halogenated alkanes) is 18. The summed E-state index contributed by atoms with van der Waals surface area (Å²) in [5, 5.41) is 44.3. The molecule has 1 aliphatic rings. The number of ether oxygens (including phenoxy) is 7. The average Bonchev–Trinajstić information content (AvgIpc) is 3.43. The van der Waals surface area contributed by atoms with E-state index in [9.17, 15) is 34.8 Å². The monoisotopic (exact) mass is 1140 g/mol. The zero-order chi connectivity index (χ0) is 58.4. The van der Waals surface area contributed by atoms with Gasteiger partial charge in [0.05, 0.1) is 32.5 Å². The average molecular weight is 1140 g/mol. The number of hydrogen-bond donors (Lipinski definition) is 4. The second kappa shape index (κ2) is 54.9. The highest BCUT2D eigenvalue weighted by Crippen LogP contribution is 2.11. The van der Waals surface area contributed by atoms with Gasteiger partial charge in [0, 0.05) is 59.5 Å². The molecule has 1 fully saturated rings. The van der Waals surface area contributed by atoms with Gasteiger partial charge in [0.2, 0.25) is 0 Å². The highest BCUT2D eigenvalue weighted by atomic mass is 16.7. The van der Waals surface area contributed by atoms with Crippen LogP contribution in [0.5, 0.6) is 0 Å². The molecule has 0 aromatic carbocycles. The molecule has 0 aromatic rings. The van der Waals surface area contributed by atoms with E-state index in [0.717, 1.165) is 70.6 Å². The fraction of sp³-hybridized carbons (Fsp3) is 0.855. The Hall–Kier alpha value is -3.33. The molecule has 1 aliphatic heterocycles. The molecule has 0 bridgehead atoms. The molecule has 1 saturated heterocycles. The van der Waals surface area contributed by atoms with Crippen LogP contribution in [-0.4, -0.2) is 215 Å². The summed E-state index contributed by atoms with van der Waals surface area (Å²) in [7, 11) is 1.55. The van der Waals surface area contributed by atoms with E-state index in [2.05, 4.69) is 76.8 Å². The summed E-state index contributed by atoms with van der Waals surface area (Å²) in [6, 6.07) is 0. The molecule has 468 valence electrons. The third kappa shape index (κ3) is 48.2. The summed E-state index contributed by atoms with van der Waals surface area (Å²) in [5.41, 5.74) is 0. The van der Waals surface area contributed by atoms with Gasteiger partial charge < -0.3 is 53.6 Å². The minimum Gasteiger partial charge on any atom is -0.434 e. The SMILES string of the molecule is CCCCCC/C=C\CCCCOC(=O)OCC(O)CN1CCCN(CC(O)COC(=O)OCCCC/C=C\CCCCCC)CCN(CC(O)COC(=O)OCCCC/C=C\CCCCCC)CCCN(CC(O)COC)CC1. The Morgan fingerprint density at radius 2 is 0.600 bits per heavy atom. The van der Waals surface area contributed by atoms with Crippen LogP contribution in [0.15, 0.2) is 36.5 Å². The van der Waals surface area contributed by atoms with Gasteiger partial charge in [-0.15, -0.1) is 0 Å². The number of carbonyl (C=O) groups is 3. The Balaban J connectivity index is 2.94. The van der Waals surface area contributed by atoms with Gasteiger partial charge in [-0.2, -0.15) is 0 Å². The highest BCUT2D eigenvalue weighted by Gasteiger charge is 2.23. The Bertz CT molecular complexity index is 1530. The quantitative estimate of drug-likeness (QED) is 0.0193. The van der Waals surface area contributed by atoms with Gasteiger partial charge in [-0.05, 0) is 135 Å². The van der Waals surface area contributed by atoms with Gasteiger partial charge in [-0.25, -0.2) is 14.4 Å². The summed E-state index contributed by atoms with van der Waals surface area (Å²) in [5.74, 6) is 0. The smallest absolute Gasteiger partial charge is 0.434 e. The van der Waals surface area contributed by atoms with Crippen LogP contribution in [0.25, 0.3) is 0 Å². The first-order valence-electron chi connectivity index (χ1n) is 31.4. The third-order valence-corrected chi connectivity index (χ3v) is 13.9. The summed E-state index contributed by atoms with van der Waals surface area (Å²) in [4.78, 5) is 45.9. The lowest BCUT2D eigenvalue weighted by atomic mass is 10.1. The van der Waals surface area contributed by atoms with E-state index in [0.29, 0.717) is 78.2 Å².